The predicted octanol–water partition coefficient (Wildman–Crippen LogP) is 2.91. The summed E-state index contributed by atoms with van der Waals surface area (Å²) in [5.41, 5.74) is 1.14. The van der Waals surface area contributed by atoms with Crippen LogP contribution in [0.4, 0.5) is 5.69 Å². The van der Waals surface area contributed by atoms with Crippen LogP contribution in [0.3, 0.4) is 0 Å². The number of carbonyl (C=O) groups excluding carboxylic acids is 2. The number of anilines is 1. The SMILES string of the molecule is COc1cccc(C(=O)CC(=O)Nc2ccccc2)c1. The molecule has 2 aromatic rings. The fraction of sp³-hybridized carbons (Fsp3) is 0.125. The number of para-hydroxylation sites is 1. The van der Waals surface area contributed by atoms with Crippen LogP contribution in [0, 0.1) is 0 Å². The summed E-state index contributed by atoms with van der Waals surface area (Å²) in [6.45, 7) is 0. The molecule has 0 fully saturated rings. The van der Waals surface area contributed by atoms with Crippen molar-refractivity contribution in [1.82, 2.24) is 0 Å². The quantitative estimate of drug-likeness (QED) is 0.670. The minimum atomic E-state index is -0.330. The molecular formula is C16H15NO3. The third kappa shape index (κ3) is 3.68. The minimum Gasteiger partial charge on any atom is -0.497 e. The highest BCUT2D eigenvalue weighted by Gasteiger charge is 2.12. The number of amides is 1. The normalized spacial score (nSPS) is 9.85. The molecule has 0 unspecified atom stereocenters. The zero-order valence-electron chi connectivity index (χ0n) is 11.1. The van der Waals surface area contributed by atoms with Gasteiger partial charge in [0.15, 0.2) is 5.78 Å². The number of ketones is 1. The van der Waals surface area contributed by atoms with Crippen molar-refractivity contribution in [3.05, 3.63) is 60.2 Å². The lowest BCUT2D eigenvalue weighted by Gasteiger charge is -2.05. The smallest absolute Gasteiger partial charge is 0.232 e. The number of ether oxygens (including phenoxy) is 1. The number of nitrogens with one attached hydrogen (secondary N) is 1. The first-order valence-electron chi connectivity index (χ1n) is 6.21. The zero-order valence-corrected chi connectivity index (χ0v) is 11.1. The van der Waals surface area contributed by atoms with Crippen LogP contribution < -0.4 is 10.1 Å². The third-order valence-electron chi connectivity index (χ3n) is 2.77. The fourth-order valence-electron chi connectivity index (χ4n) is 1.77. The van der Waals surface area contributed by atoms with Crippen LogP contribution in [0.25, 0.3) is 0 Å². The number of Topliss-reactive ketones (excluding diaryl/α,β-unsaturated/α-hetero) is 1. The van der Waals surface area contributed by atoms with Gasteiger partial charge < -0.3 is 10.1 Å². The minimum absolute atomic E-state index is 0.192. The Morgan fingerprint density at radius 2 is 1.80 bits per heavy atom. The molecule has 0 aliphatic rings. The van der Waals surface area contributed by atoms with Crippen molar-refractivity contribution in [2.75, 3.05) is 12.4 Å². The van der Waals surface area contributed by atoms with Crippen molar-refractivity contribution in [2.24, 2.45) is 0 Å². The monoisotopic (exact) mass is 269 g/mol. The summed E-state index contributed by atoms with van der Waals surface area (Å²) in [6.07, 6.45) is -0.192. The van der Waals surface area contributed by atoms with E-state index in [1.54, 1.807) is 36.4 Å². The van der Waals surface area contributed by atoms with Crippen LogP contribution in [0.5, 0.6) is 5.75 Å². The van der Waals surface area contributed by atoms with Gasteiger partial charge in [-0.25, -0.2) is 0 Å². The van der Waals surface area contributed by atoms with E-state index in [0.29, 0.717) is 17.0 Å². The summed E-state index contributed by atoms with van der Waals surface area (Å²) in [5.74, 6) is 0.0284. The first-order valence-corrected chi connectivity index (χ1v) is 6.21. The van der Waals surface area contributed by atoms with Gasteiger partial charge in [0.2, 0.25) is 5.91 Å². The number of hydrogen-bond acceptors (Lipinski definition) is 3. The van der Waals surface area contributed by atoms with Crippen molar-refractivity contribution in [1.29, 1.82) is 0 Å². The Bertz CT molecular complexity index is 608. The van der Waals surface area contributed by atoms with Gasteiger partial charge in [-0.1, -0.05) is 30.3 Å². The standard InChI is InChI=1S/C16H15NO3/c1-20-14-9-5-6-12(10-14)15(18)11-16(19)17-13-7-3-2-4-8-13/h2-10H,11H2,1H3,(H,17,19). The van der Waals surface area contributed by atoms with Gasteiger partial charge in [0.1, 0.15) is 5.75 Å². The maximum absolute atomic E-state index is 12.0. The van der Waals surface area contributed by atoms with E-state index in [9.17, 15) is 9.59 Å². The largest absolute Gasteiger partial charge is 0.497 e. The predicted molar refractivity (Wildman–Crippen MR) is 77.0 cm³/mol. The molecule has 2 rings (SSSR count). The summed E-state index contributed by atoms with van der Waals surface area (Å²) in [7, 11) is 1.53. The Morgan fingerprint density at radius 3 is 2.50 bits per heavy atom. The van der Waals surface area contributed by atoms with Gasteiger partial charge in [-0.15, -0.1) is 0 Å². The van der Waals surface area contributed by atoms with Gasteiger partial charge >= 0.3 is 0 Å². The summed E-state index contributed by atoms with van der Waals surface area (Å²) in [6, 6.07) is 15.8. The van der Waals surface area contributed by atoms with E-state index >= 15 is 0 Å². The van der Waals surface area contributed by atoms with Crippen molar-refractivity contribution in [2.45, 2.75) is 6.42 Å². The average Bonchev–Trinajstić information content (AvgIpc) is 2.48. The van der Waals surface area contributed by atoms with E-state index < -0.39 is 0 Å². The highest BCUT2D eigenvalue weighted by Crippen LogP contribution is 2.14. The Hall–Kier alpha value is -2.62. The molecule has 2 aromatic carbocycles. The van der Waals surface area contributed by atoms with Crippen LogP contribution in [-0.4, -0.2) is 18.8 Å². The van der Waals surface area contributed by atoms with Crippen LogP contribution in [0.1, 0.15) is 16.8 Å². The molecule has 1 N–H and O–H groups in total. The van der Waals surface area contributed by atoms with E-state index in [1.165, 1.54) is 7.11 Å². The van der Waals surface area contributed by atoms with Crippen molar-refractivity contribution >= 4 is 17.4 Å². The molecule has 4 nitrogen and oxygen atoms in total. The number of hydrogen-bond donors (Lipinski definition) is 1. The molecule has 4 heteroatoms. The zero-order chi connectivity index (χ0) is 14.4. The second-order valence-electron chi connectivity index (χ2n) is 4.25. The van der Waals surface area contributed by atoms with Crippen LogP contribution in [-0.2, 0) is 4.79 Å². The van der Waals surface area contributed by atoms with Crippen molar-refractivity contribution in [3.8, 4) is 5.75 Å². The number of benzene rings is 2. The molecular weight excluding hydrogens is 254 g/mol. The Morgan fingerprint density at radius 1 is 1.05 bits per heavy atom. The summed E-state index contributed by atoms with van der Waals surface area (Å²) >= 11 is 0. The number of methoxy groups -OCH3 is 1. The summed E-state index contributed by atoms with van der Waals surface area (Å²) in [4.78, 5) is 23.8. The van der Waals surface area contributed by atoms with Gasteiger partial charge in [-0.05, 0) is 24.3 Å². The van der Waals surface area contributed by atoms with Gasteiger partial charge in [-0.3, -0.25) is 9.59 Å². The molecule has 0 saturated heterocycles. The van der Waals surface area contributed by atoms with Crippen molar-refractivity contribution < 1.29 is 14.3 Å². The lowest BCUT2D eigenvalue weighted by molar-refractivity contribution is -0.115. The molecule has 20 heavy (non-hydrogen) atoms. The molecule has 0 spiro atoms. The van der Waals surface area contributed by atoms with Crippen LogP contribution in [0.2, 0.25) is 0 Å². The summed E-state index contributed by atoms with van der Waals surface area (Å²) < 4.78 is 5.05. The summed E-state index contributed by atoms with van der Waals surface area (Å²) in [5, 5.41) is 2.68. The highest BCUT2D eigenvalue weighted by atomic mass is 16.5. The van der Waals surface area contributed by atoms with E-state index in [2.05, 4.69) is 5.32 Å². The van der Waals surface area contributed by atoms with Crippen LogP contribution >= 0.6 is 0 Å². The molecule has 0 heterocycles. The van der Waals surface area contributed by atoms with Gasteiger partial charge in [0, 0.05) is 11.3 Å². The molecule has 0 aromatic heterocycles. The number of carbonyl (C=O) groups is 2. The molecule has 102 valence electrons. The van der Waals surface area contributed by atoms with E-state index in [0.717, 1.165) is 0 Å². The Balaban J connectivity index is 1.98. The molecule has 0 aliphatic carbocycles. The lowest BCUT2D eigenvalue weighted by Crippen LogP contribution is -2.16. The lowest BCUT2D eigenvalue weighted by atomic mass is 10.1. The maximum atomic E-state index is 12.0. The Kier molecular flexibility index (Phi) is 4.50. The molecule has 0 bridgehead atoms. The third-order valence-corrected chi connectivity index (χ3v) is 2.77. The molecule has 0 aliphatic heterocycles. The fourth-order valence-corrected chi connectivity index (χ4v) is 1.77. The van der Waals surface area contributed by atoms with E-state index in [1.807, 2.05) is 18.2 Å². The second-order valence-corrected chi connectivity index (χ2v) is 4.25. The van der Waals surface area contributed by atoms with E-state index in [4.69, 9.17) is 4.74 Å². The second kappa shape index (κ2) is 6.52. The number of rotatable bonds is 5. The first-order chi connectivity index (χ1) is 9.69. The average molecular weight is 269 g/mol. The topological polar surface area (TPSA) is 55.4 Å². The first kappa shape index (κ1) is 13.8. The van der Waals surface area contributed by atoms with E-state index in [-0.39, 0.29) is 18.1 Å². The molecule has 1 amide bonds. The van der Waals surface area contributed by atoms with Gasteiger partial charge in [0.05, 0.1) is 13.5 Å². The maximum Gasteiger partial charge on any atom is 0.232 e. The highest BCUT2D eigenvalue weighted by molar-refractivity contribution is 6.11. The van der Waals surface area contributed by atoms with Crippen LogP contribution in [0.15, 0.2) is 54.6 Å². The molecule has 0 atom stereocenters. The van der Waals surface area contributed by atoms with Gasteiger partial charge in [-0.2, -0.15) is 0 Å². The van der Waals surface area contributed by atoms with Crippen molar-refractivity contribution in [3.63, 3.8) is 0 Å². The molecule has 0 saturated carbocycles. The Labute approximate surface area is 117 Å². The van der Waals surface area contributed by atoms with Gasteiger partial charge in [0.25, 0.3) is 0 Å². The molecule has 0 radical (unpaired) electrons.